The molecular weight excluding hydrogens is 178 g/mol. The number of nitrogens with one attached hydrogen (secondary N) is 1. The van der Waals surface area contributed by atoms with Crippen LogP contribution in [0, 0.1) is 17.8 Å². The molecule has 0 radical (unpaired) electrons. The highest BCUT2D eigenvalue weighted by Gasteiger charge is 2.31. The van der Waals surface area contributed by atoms with Crippen molar-refractivity contribution in [2.24, 2.45) is 17.8 Å². The third kappa shape index (κ3) is 2.89. The Bertz CT molecular complexity index is 203. The molecule has 1 aliphatic rings. The average Bonchev–Trinajstić information content (AvgIpc) is 2.01. The average molecular weight is 199 g/mol. The van der Waals surface area contributed by atoms with E-state index < -0.39 is 6.09 Å². The number of rotatable bonds is 2. The maximum Gasteiger partial charge on any atom is 0.404 e. The van der Waals surface area contributed by atoms with Crippen molar-refractivity contribution < 1.29 is 9.90 Å². The predicted molar refractivity (Wildman–Crippen MR) is 56.3 cm³/mol. The molecule has 1 saturated carbocycles. The van der Waals surface area contributed by atoms with E-state index in [2.05, 4.69) is 26.1 Å². The van der Waals surface area contributed by atoms with E-state index in [0.717, 1.165) is 12.8 Å². The molecule has 82 valence electrons. The van der Waals surface area contributed by atoms with Gasteiger partial charge >= 0.3 is 6.09 Å². The van der Waals surface area contributed by atoms with E-state index in [9.17, 15) is 4.79 Å². The first-order valence-corrected chi connectivity index (χ1v) is 5.50. The molecule has 0 saturated heterocycles. The number of amides is 1. The minimum atomic E-state index is -0.880. The molecule has 0 spiro atoms. The highest BCUT2D eigenvalue weighted by molar-refractivity contribution is 5.64. The van der Waals surface area contributed by atoms with Crippen LogP contribution in [-0.2, 0) is 0 Å². The smallest absolute Gasteiger partial charge is 0.404 e. The van der Waals surface area contributed by atoms with Gasteiger partial charge in [-0.2, -0.15) is 0 Å². The highest BCUT2D eigenvalue weighted by atomic mass is 16.4. The van der Waals surface area contributed by atoms with Gasteiger partial charge in [0.1, 0.15) is 0 Å². The molecule has 0 heterocycles. The fourth-order valence-corrected chi connectivity index (χ4v) is 2.53. The van der Waals surface area contributed by atoms with Crippen LogP contribution in [0.4, 0.5) is 4.79 Å². The standard InChI is InChI=1S/C11H21NO2/c1-7(2)9-5-4-8(3)6-10(9)12-11(13)14/h7-10,12H,4-6H2,1-3H3,(H,13,14)/t8?,9?,10-/m1/s1. The Kier molecular flexibility index (Phi) is 3.78. The lowest BCUT2D eigenvalue weighted by molar-refractivity contribution is 0.147. The van der Waals surface area contributed by atoms with Gasteiger partial charge in [-0.1, -0.05) is 27.2 Å². The van der Waals surface area contributed by atoms with Crippen molar-refractivity contribution in [2.45, 2.75) is 46.1 Å². The zero-order valence-electron chi connectivity index (χ0n) is 9.29. The van der Waals surface area contributed by atoms with E-state index in [1.165, 1.54) is 6.42 Å². The summed E-state index contributed by atoms with van der Waals surface area (Å²) in [6, 6.07) is 0.163. The van der Waals surface area contributed by atoms with Crippen LogP contribution in [0.15, 0.2) is 0 Å². The lowest BCUT2D eigenvalue weighted by atomic mass is 9.74. The zero-order valence-corrected chi connectivity index (χ0v) is 9.29. The van der Waals surface area contributed by atoms with Gasteiger partial charge in [0, 0.05) is 6.04 Å². The van der Waals surface area contributed by atoms with Crippen LogP contribution >= 0.6 is 0 Å². The van der Waals surface area contributed by atoms with Crippen LogP contribution in [0.1, 0.15) is 40.0 Å². The van der Waals surface area contributed by atoms with Crippen molar-refractivity contribution in [1.82, 2.24) is 5.32 Å². The molecule has 1 rings (SSSR count). The molecule has 3 heteroatoms. The van der Waals surface area contributed by atoms with Crippen molar-refractivity contribution in [3.63, 3.8) is 0 Å². The van der Waals surface area contributed by atoms with Crippen molar-refractivity contribution in [2.75, 3.05) is 0 Å². The van der Waals surface area contributed by atoms with Gasteiger partial charge in [-0.05, 0) is 30.6 Å². The third-order valence-corrected chi connectivity index (χ3v) is 3.33. The summed E-state index contributed by atoms with van der Waals surface area (Å²) < 4.78 is 0. The van der Waals surface area contributed by atoms with Gasteiger partial charge in [0.15, 0.2) is 0 Å². The Morgan fingerprint density at radius 2 is 2.07 bits per heavy atom. The lowest BCUT2D eigenvalue weighted by Crippen LogP contribution is -2.45. The lowest BCUT2D eigenvalue weighted by Gasteiger charge is -2.37. The fraction of sp³-hybridized carbons (Fsp3) is 0.909. The maximum atomic E-state index is 10.6. The summed E-state index contributed by atoms with van der Waals surface area (Å²) in [6.45, 7) is 6.56. The number of hydrogen-bond acceptors (Lipinski definition) is 1. The van der Waals surface area contributed by atoms with Gasteiger partial charge in [-0.25, -0.2) is 4.79 Å². The predicted octanol–water partition coefficient (Wildman–Crippen LogP) is 2.71. The Balaban J connectivity index is 2.58. The van der Waals surface area contributed by atoms with Crippen molar-refractivity contribution in [1.29, 1.82) is 0 Å². The van der Waals surface area contributed by atoms with Crippen LogP contribution in [0.2, 0.25) is 0 Å². The van der Waals surface area contributed by atoms with Crippen LogP contribution < -0.4 is 5.32 Å². The van der Waals surface area contributed by atoms with Crippen molar-refractivity contribution >= 4 is 6.09 Å². The SMILES string of the molecule is CC1CCC(C(C)C)[C@H](NC(=O)O)C1. The third-order valence-electron chi connectivity index (χ3n) is 3.33. The van der Waals surface area contributed by atoms with E-state index in [0.29, 0.717) is 17.8 Å². The topological polar surface area (TPSA) is 49.3 Å². The molecule has 3 atom stereocenters. The molecule has 0 bridgehead atoms. The molecule has 14 heavy (non-hydrogen) atoms. The molecule has 1 aliphatic carbocycles. The largest absolute Gasteiger partial charge is 0.465 e. The fourth-order valence-electron chi connectivity index (χ4n) is 2.53. The molecule has 0 aliphatic heterocycles. The summed E-state index contributed by atoms with van der Waals surface area (Å²) >= 11 is 0. The van der Waals surface area contributed by atoms with E-state index in [1.807, 2.05) is 0 Å². The quantitative estimate of drug-likeness (QED) is 0.718. The minimum Gasteiger partial charge on any atom is -0.465 e. The first-order valence-electron chi connectivity index (χ1n) is 5.50. The van der Waals surface area contributed by atoms with Gasteiger partial charge in [0.05, 0.1) is 0 Å². The molecule has 2 N–H and O–H groups in total. The summed E-state index contributed by atoms with van der Waals surface area (Å²) in [4.78, 5) is 10.6. The normalized spacial score (nSPS) is 33.0. The summed E-state index contributed by atoms with van der Waals surface area (Å²) in [5.41, 5.74) is 0. The van der Waals surface area contributed by atoms with Crippen LogP contribution in [0.5, 0.6) is 0 Å². The van der Waals surface area contributed by atoms with E-state index in [4.69, 9.17) is 5.11 Å². The van der Waals surface area contributed by atoms with E-state index in [1.54, 1.807) is 0 Å². The van der Waals surface area contributed by atoms with Gasteiger partial charge in [-0.3, -0.25) is 0 Å². The highest BCUT2D eigenvalue weighted by Crippen LogP contribution is 2.33. The van der Waals surface area contributed by atoms with Crippen LogP contribution in [0.25, 0.3) is 0 Å². The minimum absolute atomic E-state index is 0.163. The second kappa shape index (κ2) is 4.67. The molecule has 1 amide bonds. The molecule has 0 aromatic carbocycles. The van der Waals surface area contributed by atoms with Crippen molar-refractivity contribution in [3.8, 4) is 0 Å². The molecule has 0 aromatic heterocycles. The van der Waals surface area contributed by atoms with E-state index in [-0.39, 0.29) is 6.04 Å². The van der Waals surface area contributed by atoms with Gasteiger partial charge in [-0.15, -0.1) is 0 Å². The Morgan fingerprint density at radius 3 is 2.57 bits per heavy atom. The Labute approximate surface area is 85.9 Å². The maximum absolute atomic E-state index is 10.6. The van der Waals surface area contributed by atoms with Crippen LogP contribution in [0.3, 0.4) is 0 Å². The number of carboxylic acid groups (broad SMARTS) is 1. The summed E-state index contributed by atoms with van der Waals surface area (Å²) in [7, 11) is 0. The number of hydrogen-bond donors (Lipinski definition) is 2. The van der Waals surface area contributed by atoms with Crippen molar-refractivity contribution in [3.05, 3.63) is 0 Å². The first kappa shape index (κ1) is 11.3. The molecule has 3 nitrogen and oxygen atoms in total. The number of carbonyl (C=O) groups is 1. The van der Waals surface area contributed by atoms with Crippen LogP contribution in [-0.4, -0.2) is 17.2 Å². The van der Waals surface area contributed by atoms with E-state index >= 15 is 0 Å². The molecular formula is C11H21NO2. The zero-order chi connectivity index (χ0) is 10.7. The summed E-state index contributed by atoms with van der Waals surface area (Å²) in [5, 5.41) is 11.4. The second-order valence-corrected chi connectivity index (χ2v) is 4.88. The Hall–Kier alpha value is -0.730. The summed E-state index contributed by atoms with van der Waals surface area (Å²) in [5.74, 6) is 1.74. The summed E-state index contributed by atoms with van der Waals surface area (Å²) in [6.07, 6.45) is 2.51. The van der Waals surface area contributed by atoms with Gasteiger partial charge < -0.3 is 10.4 Å². The monoisotopic (exact) mass is 199 g/mol. The van der Waals surface area contributed by atoms with Gasteiger partial charge in [0.2, 0.25) is 0 Å². The first-order chi connectivity index (χ1) is 6.50. The molecule has 0 aromatic rings. The molecule has 1 fully saturated rings. The van der Waals surface area contributed by atoms with Gasteiger partial charge in [0.25, 0.3) is 0 Å². The molecule has 2 unspecified atom stereocenters. The Morgan fingerprint density at radius 1 is 1.43 bits per heavy atom. The second-order valence-electron chi connectivity index (χ2n) is 4.88.